The first-order chi connectivity index (χ1) is 9.20. The summed E-state index contributed by atoms with van der Waals surface area (Å²) in [6.07, 6.45) is 6.06. The Morgan fingerprint density at radius 3 is 2.53 bits per heavy atom. The summed E-state index contributed by atoms with van der Waals surface area (Å²) >= 11 is 5.85. The molecule has 0 atom stereocenters. The molecule has 106 valence electrons. The largest absolute Gasteiger partial charge is 0.295 e. The van der Waals surface area contributed by atoms with Crippen molar-refractivity contribution in [1.29, 1.82) is 0 Å². The molecule has 2 rings (SSSR count). The Morgan fingerprint density at radius 2 is 1.89 bits per heavy atom. The van der Waals surface area contributed by atoms with Crippen LogP contribution in [0.1, 0.15) is 37.7 Å². The molecule has 19 heavy (non-hydrogen) atoms. The summed E-state index contributed by atoms with van der Waals surface area (Å²) in [7, 11) is 0. The summed E-state index contributed by atoms with van der Waals surface area (Å²) in [4.78, 5) is 2.24. The molecule has 0 amide bonds. The molecule has 0 spiro atoms. The van der Waals surface area contributed by atoms with Gasteiger partial charge >= 0.3 is 0 Å². The SMILES string of the molecule is Fc1ccc(CN(CCCl)C2CCCCC2)c(F)c1. The summed E-state index contributed by atoms with van der Waals surface area (Å²) in [5.41, 5.74) is 0.553. The molecule has 1 saturated carbocycles. The van der Waals surface area contributed by atoms with E-state index in [1.807, 2.05) is 0 Å². The van der Waals surface area contributed by atoms with E-state index in [1.54, 1.807) is 0 Å². The van der Waals surface area contributed by atoms with Gasteiger partial charge in [0.05, 0.1) is 0 Å². The number of alkyl halides is 1. The van der Waals surface area contributed by atoms with E-state index < -0.39 is 11.6 Å². The molecule has 0 bridgehead atoms. The number of halogens is 3. The maximum Gasteiger partial charge on any atom is 0.130 e. The summed E-state index contributed by atoms with van der Waals surface area (Å²) < 4.78 is 26.6. The van der Waals surface area contributed by atoms with Crippen LogP contribution >= 0.6 is 11.6 Å². The molecule has 0 N–H and O–H groups in total. The second kappa shape index (κ2) is 7.20. The van der Waals surface area contributed by atoms with Crippen molar-refractivity contribution < 1.29 is 8.78 Å². The van der Waals surface area contributed by atoms with Crippen molar-refractivity contribution in [2.75, 3.05) is 12.4 Å². The molecule has 1 nitrogen and oxygen atoms in total. The normalized spacial score (nSPS) is 17.1. The highest BCUT2D eigenvalue weighted by molar-refractivity contribution is 6.18. The average Bonchev–Trinajstić information content (AvgIpc) is 2.42. The number of hydrogen-bond acceptors (Lipinski definition) is 1. The molecular formula is C15H20ClF2N. The topological polar surface area (TPSA) is 3.24 Å². The Labute approximate surface area is 118 Å². The maximum absolute atomic E-state index is 13.7. The van der Waals surface area contributed by atoms with Crippen molar-refractivity contribution in [1.82, 2.24) is 4.90 Å². The number of hydrogen-bond donors (Lipinski definition) is 0. The lowest BCUT2D eigenvalue weighted by molar-refractivity contribution is 0.155. The fourth-order valence-electron chi connectivity index (χ4n) is 2.81. The lowest BCUT2D eigenvalue weighted by atomic mass is 9.94. The van der Waals surface area contributed by atoms with Crippen LogP contribution in [0.25, 0.3) is 0 Å². The summed E-state index contributed by atoms with van der Waals surface area (Å²) in [5.74, 6) is -0.447. The van der Waals surface area contributed by atoms with Gasteiger partial charge in [0.1, 0.15) is 11.6 Å². The fourth-order valence-corrected chi connectivity index (χ4v) is 3.03. The van der Waals surface area contributed by atoms with Gasteiger partial charge in [-0.25, -0.2) is 8.78 Å². The van der Waals surface area contributed by atoms with Gasteiger partial charge in [-0.1, -0.05) is 25.3 Å². The van der Waals surface area contributed by atoms with Gasteiger partial charge in [-0.3, -0.25) is 4.90 Å². The van der Waals surface area contributed by atoms with E-state index in [9.17, 15) is 8.78 Å². The van der Waals surface area contributed by atoms with Crippen LogP contribution in [-0.4, -0.2) is 23.4 Å². The molecule has 1 aromatic carbocycles. The Balaban J connectivity index is 2.06. The molecule has 0 saturated heterocycles. The van der Waals surface area contributed by atoms with Gasteiger partial charge in [-0.2, -0.15) is 0 Å². The van der Waals surface area contributed by atoms with Crippen molar-refractivity contribution in [3.8, 4) is 0 Å². The number of nitrogens with zero attached hydrogens (tertiary/aromatic N) is 1. The maximum atomic E-state index is 13.7. The fraction of sp³-hybridized carbons (Fsp3) is 0.600. The zero-order valence-electron chi connectivity index (χ0n) is 11.0. The Bertz CT molecular complexity index is 405. The minimum atomic E-state index is -0.525. The third-order valence-corrected chi connectivity index (χ3v) is 4.02. The van der Waals surface area contributed by atoms with Gasteiger partial charge in [0, 0.05) is 36.6 Å². The number of benzene rings is 1. The van der Waals surface area contributed by atoms with Crippen LogP contribution in [0.4, 0.5) is 8.78 Å². The van der Waals surface area contributed by atoms with E-state index in [4.69, 9.17) is 11.6 Å². The van der Waals surface area contributed by atoms with E-state index >= 15 is 0 Å². The second-order valence-corrected chi connectivity index (χ2v) is 5.56. The molecular weight excluding hydrogens is 268 g/mol. The quantitative estimate of drug-likeness (QED) is 0.728. The van der Waals surface area contributed by atoms with Crippen LogP contribution in [0, 0.1) is 11.6 Å². The standard InChI is InChI=1S/C15H20ClF2N/c16-8-9-19(14-4-2-1-3-5-14)11-12-6-7-13(17)10-15(12)18/h6-7,10,14H,1-5,8-9,11H2. The lowest BCUT2D eigenvalue weighted by Crippen LogP contribution is -2.37. The molecule has 4 heteroatoms. The van der Waals surface area contributed by atoms with Gasteiger partial charge in [-0.05, 0) is 18.9 Å². The molecule has 1 aliphatic carbocycles. The highest BCUT2D eigenvalue weighted by Crippen LogP contribution is 2.24. The predicted octanol–water partition coefficient (Wildman–Crippen LogP) is 4.34. The number of rotatable bonds is 5. The summed E-state index contributed by atoms with van der Waals surface area (Å²) in [5, 5.41) is 0. The van der Waals surface area contributed by atoms with Crippen molar-refractivity contribution in [2.45, 2.75) is 44.7 Å². The molecule has 1 aromatic rings. The van der Waals surface area contributed by atoms with Crippen molar-refractivity contribution in [3.63, 3.8) is 0 Å². The molecule has 1 fully saturated rings. The van der Waals surface area contributed by atoms with Gasteiger partial charge in [0.15, 0.2) is 0 Å². The lowest BCUT2D eigenvalue weighted by Gasteiger charge is -2.34. The zero-order chi connectivity index (χ0) is 13.7. The van der Waals surface area contributed by atoms with E-state index in [0.29, 0.717) is 24.0 Å². The minimum Gasteiger partial charge on any atom is -0.295 e. The predicted molar refractivity (Wildman–Crippen MR) is 74.4 cm³/mol. The smallest absolute Gasteiger partial charge is 0.130 e. The van der Waals surface area contributed by atoms with Crippen molar-refractivity contribution in [3.05, 3.63) is 35.4 Å². The van der Waals surface area contributed by atoms with Gasteiger partial charge in [0.25, 0.3) is 0 Å². The van der Waals surface area contributed by atoms with Crippen LogP contribution in [0.2, 0.25) is 0 Å². The van der Waals surface area contributed by atoms with Crippen LogP contribution in [0.3, 0.4) is 0 Å². The van der Waals surface area contributed by atoms with Crippen molar-refractivity contribution in [2.24, 2.45) is 0 Å². The highest BCUT2D eigenvalue weighted by Gasteiger charge is 2.21. The molecule has 0 unspecified atom stereocenters. The van der Waals surface area contributed by atoms with Gasteiger partial charge in [-0.15, -0.1) is 11.6 Å². The summed E-state index contributed by atoms with van der Waals surface area (Å²) in [6.45, 7) is 1.27. The third-order valence-electron chi connectivity index (χ3n) is 3.85. The second-order valence-electron chi connectivity index (χ2n) is 5.19. The van der Waals surface area contributed by atoms with Crippen LogP contribution in [0.5, 0.6) is 0 Å². The molecule has 0 aliphatic heterocycles. The first kappa shape index (κ1) is 14.7. The molecule has 0 radical (unpaired) electrons. The first-order valence-corrected chi connectivity index (χ1v) is 7.48. The van der Waals surface area contributed by atoms with E-state index in [0.717, 1.165) is 25.5 Å². The Kier molecular flexibility index (Phi) is 5.59. The van der Waals surface area contributed by atoms with Gasteiger partial charge < -0.3 is 0 Å². The Morgan fingerprint density at radius 1 is 1.16 bits per heavy atom. The zero-order valence-corrected chi connectivity index (χ0v) is 11.8. The highest BCUT2D eigenvalue weighted by atomic mass is 35.5. The Hall–Kier alpha value is -0.670. The van der Waals surface area contributed by atoms with E-state index in [-0.39, 0.29) is 0 Å². The summed E-state index contributed by atoms with van der Waals surface area (Å²) in [6, 6.07) is 4.29. The monoisotopic (exact) mass is 287 g/mol. The van der Waals surface area contributed by atoms with Crippen LogP contribution in [-0.2, 0) is 6.54 Å². The van der Waals surface area contributed by atoms with E-state index in [1.165, 1.54) is 31.4 Å². The minimum absolute atomic E-state index is 0.463. The first-order valence-electron chi connectivity index (χ1n) is 6.94. The molecule has 0 aromatic heterocycles. The van der Waals surface area contributed by atoms with E-state index in [2.05, 4.69) is 4.90 Å². The average molecular weight is 288 g/mol. The molecule has 1 aliphatic rings. The van der Waals surface area contributed by atoms with Crippen LogP contribution < -0.4 is 0 Å². The third kappa shape index (κ3) is 4.15. The van der Waals surface area contributed by atoms with Gasteiger partial charge in [0.2, 0.25) is 0 Å². The van der Waals surface area contributed by atoms with Crippen LogP contribution in [0.15, 0.2) is 18.2 Å². The van der Waals surface area contributed by atoms with Crippen molar-refractivity contribution >= 4 is 11.6 Å². The molecule has 0 heterocycles.